The molecule has 0 aromatic heterocycles. The molecule has 2 nitrogen and oxygen atoms in total. The van der Waals surface area contributed by atoms with Gasteiger partial charge in [0.25, 0.3) is 0 Å². The monoisotopic (exact) mass is 248 g/mol. The molecule has 1 unspecified atom stereocenters. The number of nitrogens with zero attached hydrogens (tertiary/aromatic N) is 1. The maximum absolute atomic E-state index is 9.07. The molecule has 1 atom stereocenters. The number of thioether (sulfide) groups is 1. The molecule has 0 amide bonds. The molecule has 17 heavy (non-hydrogen) atoms. The molecule has 0 aliphatic rings. The van der Waals surface area contributed by atoms with Crippen molar-refractivity contribution in [3.8, 4) is 6.07 Å². The van der Waals surface area contributed by atoms with E-state index >= 15 is 0 Å². The van der Waals surface area contributed by atoms with Crippen LogP contribution >= 0.6 is 11.8 Å². The summed E-state index contributed by atoms with van der Waals surface area (Å²) in [4.78, 5) is 1.24. The van der Waals surface area contributed by atoms with Gasteiger partial charge in [-0.25, -0.2) is 0 Å². The zero-order valence-corrected chi connectivity index (χ0v) is 11.7. The first-order valence-corrected chi connectivity index (χ1v) is 6.68. The van der Waals surface area contributed by atoms with E-state index in [1.54, 1.807) is 0 Å². The van der Waals surface area contributed by atoms with E-state index in [1.165, 1.54) is 4.90 Å². The molecule has 0 spiro atoms. The van der Waals surface area contributed by atoms with Crippen molar-refractivity contribution >= 4 is 11.8 Å². The first-order chi connectivity index (χ1) is 7.86. The largest absolute Gasteiger partial charge is 0.323 e. The molecule has 92 valence electrons. The van der Waals surface area contributed by atoms with Gasteiger partial charge in [-0.1, -0.05) is 26.0 Å². The van der Waals surface area contributed by atoms with Crippen LogP contribution < -0.4 is 5.73 Å². The summed E-state index contributed by atoms with van der Waals surface area (Å²) in [6.45, 7) is 8.08. The highest BCUT2D eigenvalue weighted by Gasteiger charge is 2.27. The summed E-state index contributed by atoms with van der Waals surface area (Å²) in [7, 11) is 0. The summed E-state index contributed by atoms with van der Waals surface area (Å²) >= 11 is 1.83. The second kappa shape index (κ2) is 5.57. The van der Waals surface area contributed by atoms with Crippen LogP contribution in [0.25, 0.3) is 0 Å². The predicted molar refractivity (Wildman–Crippen MR) is 73.8 cm³/mol. The minimum atomic E-state index is -0.535. The molecule has 0 aliphatic carbocycles. The van der Waals surface area contributed by atoms with Crippen molar-refractivity contribution in [2.24, 2.45) is 11.1 Å². The minimum Gasteiger partial charge on any atom is -0.323 e. The molecule has 0 heterocycles. The summed E-state index contributed by atoms with van der Waals surface area (Å²) < 4.78 is 0. The predicted octanol–water partition coefficient (Wildman–Crippen LogP) is 3.74. The van der Waals surface area contributed by atoms with Gasteiger partial charge in [-0.15, -0.1) is 11.8 Å². The van der Waals surface area contributed by atoms with Gasteiger partial charge in [0.2, 0.25) is 0 Å². The van der Waals surface area contributed by atoms with Gasteiger partial charge in [0.15, 0.2) is 0 Å². The van der Waals surface area contributed by atoms with Gasteiger partial charge >= 0.3 is 0 Å². The topological polar surface area (TPSA) is 49.8 Å². The van der Waals surface area contributed by atoms with Crippen LogP contribution in [0.5, 0.6) is 0 Å². The Kier molecular flexibility index (Phi) is 4.62. The first-order valence-electron chi connectivity index (χ1n) is 5.80. The molecule has 0 aliphatic heterocycles. The second-order valence-corrected chi connectivity index (χ2v) is 6.70. The van der Waals surface area contributed by atoms with E-state index < -0.39 is 5.41 Å². The molecule has 3 heteroatoms. The fourth-order valence-corrected chi connectivity index (χ4v) is 2.35. The summed E-state index contributed by atoms with van der Waals surface area (Å²) in [6, 6.07) is 10.2. The summed E-state index contributed by atoms with van der Waals surface area (Å²) in [5.41, 5.74) is 6.59. The third-order valence-corrected chi connectivity index (χ3v) is 3.69. The van der Waals surface area contributed by atoms with E-state index in [4.69, 9.17) is 11.0 Å². The molecule has 0 fully saturated rings. The zero-order valence-electron chi connectivity index (χ0n) is 10.9. The Morgan fingerprint density at radius 3 is 2.18 bits per heavy atom. The van der Waals surface area contributed by atoms with Gasteiger partial charge in [-0.3, -0.25) is 0 Å². The molecule has 1 rings (SSSR count). The van der Waals surface area contributed by atoms with Gasteiger partial charge in [-0.2, -0.15) is 5.26 Å². The fourth-order valence-electron chi connectivity index (χ4n) is 1.51. The number of benzene rings is 1. The van der Waals surface area contributed by atoms with Gasteiger partial charge in [0.1, 0.15) is 0 Å². The lowest BCUT2D eigenvalue weighted by Gasteiger charge is -2.24. The number of nitriles is 1. The first kappa shape index (κ1) is 14.1. The number of hydrogen-bond donors (Lipinski definition) is 1. The van der Waals surface area contributed by atoms with Crippen molar-refractivity contribution < 1.29 is 0 Å². The Morgan fingerprint density at radius 1 is 1.24 bits per heavy atom. The SMILES string of the molecule is CC(C)Sc1ccc(C(N)C(C)(C)C#N)cc1. The third-order valence-electron chi connectivity index (χ3n) is 2.68. The number of rotatable bonds is 4. The van der Waals surface area contributed by atoms with E-state index in [-0.39, 0.29) is 6.04 Å². The van der Waals surface area contributed by atoms with Gasteiger partial charge < -0.3 is 5.73 Å². The van der Waals surface area contributed by atoms with Crippen molar-refractivity contribution in [3.63, 3.8) is 0 Å². The summed E-state index contributed by atoms with van der Waals surface area (Å²) in [5.74, 6) is 0. The Balaban J connectivity index is 2.85. The molecular formula is C14H20N2S. The smallest absolute Gasteiger partial charge is 0.0710 e. The van der Waals surface area contributed by atoms with Crippen LogP contribution in [0.15, 0.2) is 29.2 Å². The van der Waals surface area contributed by atoms with Crippen LogP contribution in [0.4, 0.5) is 0 Å². The van der Waals surface area contributed by atoms with Crippen molar-refractivity contribution in [3.05, 3.63) is 29.8 Å². The number of nitrogens with two attached hydrogens (primary N) is 1. The highest BCUT2D eigenvalue weighted by molar-refractivity contribution is 7.99. The highest BCUT2D eigenvalue weighted by Crippen LogP contribution is 2.32. The maximum atomic E-state index is 9.07. The molecule has 0 saturated heterocycles. The molecule has 0 saturated carbocycles. The zero-order chi connectivity index (χ0) is 13.1. The molecule has 0 bridgehead atoms. The van der Waals surface area contributed by atoms with Crippen LogP contribution in [0, 0.1) is 16.7 Å². The maximum Gasteiger partial charge on any atom is 0.0710 e. The van der Waals surface area contributed by atoms with Crippen LogP contribution in [-0.4, -0.2) is 5.25 Å². The average molecular weight is 248 g/mol. The third kappa shape index (κ3) is 3.76. The molecule has 1 aromatic carbocycles. The lowest BCUT2D eigenvalue weighted by Crippen LogP contribution is -2.27. The minimum absolute atomic E-state index is 0.245. The molecular weight excluding hydrogens is 228 g/mol. The van der Waals surface area contributed by atoms with Crippen molar-refractivity contribution in [2.75, 3.05) is 0 Å². The Bertz CT molecular complexity index is 401. The van der Waals surface area contributed by atoms with Crippen molar-refractivity contribution in [1.29, 1.82) is 5.26 Å². The normalized spacial score (nSPS) is 13.5. The average Bonchev–Trinajstić information content (AvgIpc) is 2.28. The van der Waals surface area contributed by atoms with E-state index in [2.05, 4.69) is 32.0 Å². The molecule has 2 N–H and O–H groups in total. The van der Waals surface area contributed by atoms with Crippen LogP contribution in [0.1, 0.15) is 39.3 Å². The van der Waals surface area contributed by atoms with Gasteiger partial charge in [0, 0.05) is 16.2 Å². The Morgan fingerprint density at radius 2 is 1.76 bits per heavy atom. The van der Waals surface area contributed by atoms with E-state index in [1.807, 2.05) is 37.7 Å². The second-order valence-electron chi connectivity index (χ2n) is 5.05. The van der Waals surface area contributed by atoms with Crippen LogP contribution in [0.2, 0.25) is 0 Å². The lowest BCUT2D eigenvalue weighted by atomic mass is 9.82. The van der Waals surface area contributed by atoms with Gasteiger partial charge in [0.05, 0.1) is 11.5 Å². The summed E-state index contributed by atoms with van der Waals surface area (Å²) in [6.07, 6.45) is 0. The highest BCUT2D eigenvalue weighted by atomic mass is 32.2. The molecule has 0 radical (unpaired) electrons. The van der Waals surface area contributed by atoms with E-state index in [0.29, 0.717) is 5.25 Å². The quantitative estimate of drug-likeness (QED) is 0.826. The van der Waals surface area contributed by atoms with Crippen LogP contribution in [0.3, 0.4) is 0 Å². The van der Waals surface area contributed by atoms with Crippen molar-refractivity contribution in [2.45, 2.75) is 43.9 Å². The van der Waals surface area contributed by atoms with E-state index in [9.17, 15) is 0 Å². The number of hydrogen-bond acceptors (Lipinski definition) is 3. The van der Waals surface area contributed by atoms with Gasteiger partial charge in [-0.05, 0) is 31.5 Å². The van der Waals surface area contributed by atoms with Crippen LogP contribution in [-0.2, 0) is 0 Å². The molecule has 1 aromatic rings. The Labute approximate surface area is 108 Å². The Hall–Kier alpha value is -0.980. The fraction of sp³-hybridized carbons (Fsp3) is 0.500. The van der Waals surface area contributed by atoms with Crippen molar-refractivity contribution in [1.82, 2.24) is 0 Å². The standard InChI is InChI=1S/C14H20N2S/c1-10(2)17-12-7-5-11(6-8-12)13(16)14(3,4)9-15/h5-8,10,13H,16H2,1-4H3. The summed E-state index contributed by atoms with van der Waals surface area (Å²) in [5, 5.41) is 9.64. The van der Waals surface area contributed by atoms with E-state index in [0.717, 1.165) is 5.56 Å². The lowest BCUT2D eigenvalue weighted by molar-refractivity contribution is 0.393.